The molecule has 0 fully saturated rings. The molecule has 2 rings (SSSR count). The van der Waals surface area contributed by atoms with Crippen LogP contribution in [0.2, 0.25) is 0 Å². The number of rotatable bonds is 5. The highest BCUT2D eigenvalue weighted by atomic mass is 35.5. The zero-order valence-electron chi connectivity index (χ0n) is 10.2. The highest BCUT2D eigenvalue weighted by molar-refractivity contribution is 6.17. The Bertz CT molecular complexity index is 475. The van der Waals surface area contributed by atoms with Crippen LogP contribution in [-0.2, 0) is 12.5 Å². The fraction of sp³-hybridized carbons (Fsp3) is 0.200. The maximum atomic E-state index is 5.91. The molecular formula is C15H15ClO2. The predicted octanol–water partition coefficient (Wildman–Crippen LogP) is 4.01. The molecule has 2 aromatic carbocycles. The van der Waals surface area contributed by atoms with Gasteiger partial charge in [-0.1, -0.05) is 42.5 Å². The third-order valence-electron chi connectivity index (χ3n) is 2.65. The molecule has 0 saturated carbocycles. The fourth-order valence-corrected chi connectivity index (χ4v) is 1.93. The number of hydrogen-bond acceptors (Lipinski definition) is 2. The minimum absolute atomic E-state index is 0.404. The summed E-state index contributed by atoms with van der Waals surface area (Å²) in [7, 11) is 1.63. The molecule has 0 bridgehead atoms. The van der Waals surface area contributed by atoms with Gasteiger partial charge in [-0.25, -0.2) is 0 Å². The molecule has 0 atom stereocenters. The van der Waals surface area contributed by atoms with Crippen molar-refractivity contribution in [3.63, 3.8) is 0 Å². The van der Waals surface area contributed by atoms with E-state index in [-0.39, 0.29) is 0 Å². The third kappa shape index (κ3) is 2.96. The van der Waals surface area contributed by atoms with E-state index in [1.807, 2.05) is 48.5 Å². The van der Waals surface area contributed by atoms with Gasteiger partial charge in [-0.15, -0.1) is 11.6 Å². The Hall–Kier alpha value is -1.67. The Balaban J connectivity index is 2.17. The second kappa shape index (κ2) is 6.31. The molecule has 0 aliphatic rings. The van der Waals surface area contributed by atoms with Crippen LogP contribution in [0.15, 0.2) is 48.5 Å². The minimum atomic E-state index is 0.404. The molecule has 18 heavy (non-hydrogen) atoms. The normalized spacial score (nSPS) is 10.1. The van der Waals surface area contributed by atoms with E-state index in [2.05, 4.69) is 0 Å². The van der Waals surface area contributed by atoms with Crippen LogP contribution in [-0.4, -0.2) is 7.11 Å². The van der Waals surface area contributed by atoms with Crippen LogP contribution in [0.3, 0.4) is 0 Å². The van der Waals surface area contributed by atoms with E-state index in [0.717, 1.165) is 16.9 Å². The van der Waals surface area contributed by atoms with Gasteiger partial charge in [0.1, 0.15) is 6.61 Å². The Kier molecular flexibility index (Phi) is 4.48. The molecule has 0 radical (unpaired) electrons. The van der Waals surface area contributed by atoms with Gasteiger partial charge in [-0.05, 0) is 11.6 Å². The molecule has 2 aromatic rings. The van der Waals surface area contributed by atoms with Crippen LogP contribution in [0.1, 0.15) is 11.1 Å². The van der Waals surface area contributed by atoms with Crippen LogP contribution >= 0.6 is 11.6 Å². The summed E-state index contributed by atoms with van der Waals surface area (Å²) in [5.41, 5.74) is 2.05. The highest BCUT2D eigenvalue weighted by Crippen LogP contribution is 2.32. The third-order valence-corrected chi connectivity index (χ3v) is 2.94. The summed E-state index contributed by atoms with van der Waals surface area (Å²) in [4.78, 5) is 0. The quantitative estimate of drug-likeness (QED) is 0.758. The molecule has 0 heterocycles. The first-order valence-corrected chi connectivity index (χ1v) is 6.27. The number of benzene rings is 2. The molecule has 0 N–H and O–H groups in total. The molecule has 0 amide bonds. The van der Waals surface area contributed by atoms with Gasteiger partial charge < -0.3 is 9.47 Å². The Morgan fingerprint density at radius 2 is 1.78 bits per heavy atom. The smallest absolute Gasteiger partial charge is 0.166 e. The average molecular weight is 263 g/mol. The number of hydrogen-bond donors (Lipinski definition) is 0. The molecule has 0 unspecified atom stereocenters. The van der Waals surface area contributed by atoms with Crippen molar-refractivity contribution >= 4 is 11.6 Å². The average Bonchev–Trinajstić information content (AvgIpc) is 2.45. The molecule has 0 spiro atoms. The van der Waals surface area contributed by atoms with E-state index in [9.17, 15) is 0 Å². The van der Waals surface area contributed by atoms with E-state index in [0.29, 0.717) is 18.2 Å². The highest BCUT2D eigenvalue weighted by Gasteiger charge is 2.09. The van der Waals surface area contributed by atoms with E-state index in [1.165, 1.54) is 0 Å². The van der Waals surface area contributed by atoms with Crippen molar-refractivity contribution in [3.05, 3.63) is 59.7 Å². The number of ether oxygens (including phenoxy) is 2. The van der Waals surface area contributed by atoms with E-state index in [4.69, 9.17) is 21.1 Å². The molecule has 3 heteroatoms. The van der Waals surface area contributed by atoms with Gasteiger partial charge in [0.2, 0.25) is 0 Å². The lowest BCUT2D eigenvalue weighted by Gasteiger charge is -2.13. The lowest BCUT2D eigenvalue weighted by molar-refractivity contribution is 0.282. The molecule has 0 saturated heterocycles. The maximum absolute atomic E-state index is 5.91. The lowest BCUT2D eigenvalue weighted by atomic mass is 10.2. The zero-order valence-corrected chi connectivity index (χ0v) is 11.0. The fourth-order valence-electron chi connectivity index (χ4n) is 1.72. The summed E-state index contributed by atoms with van der Waals surface area (Å²) < 4.78 is 11.1. The summed E-state index contributed by atoms with van der Waals surface area (Å²) in [5, 5.41) is 0. The number of para-hydroxylation sites is 1. The summed E-state index contributed by atoms with van der Waals surface area (Å²) >= 11 is 5.91. The Morgan fingerprint density at radius 1 is 1.00 bits per heavy atom. The van der Waals surface area contributed by atoms with Crippen molar-refractivity contribution < 1.29 is 9.47 Å². The van der Waals surface area contributed by atoms with Gasteiger partial charge in [0.05, 0.1) is 13.0 Å². The second-order valence-corrected chi connectivity index (χ2v) is 4.12. The zero-order chi connectivity index (χ0) is 12.8. The Labute approximate surface area is 112 Å². The standard InChI is InChI=1S/C15H15ClO2/c1-17-14-9-5-8-13(10-16)15(14)18-11-12-6-3-2-4-7-12/h2-9H,10-11H2,1H3. The van der Waals surface area contributed by atoms with Crippen LogP contribution in [0.4, 0.5) is 0 Å². The van der Waals surface area contributed by atoms with E-state index < -0.39 is 0 Å². The van der Waals surface area contributed by atoms with Crippen molar-refractivity contribution in [1.29, 1.82) is 0 Å². The van der Waals surface area contributed by atoms with E-state index >= 15 is 0 Å². The first-order chi connectivity index (χ1) is 8.85. The summed E-state index contributed by atoms with van der Waals surface area (Å²) in [6.45, 7) is 0.505. The molecular weight excluding hydrogens is 248 g/mol. The van der Waals surface area contributed by atoms with Crippen molar-refractivity contribution in [2.45, 2.75) is 12.5 Å². The van der Waals surface area contributed by atoms with Crippen molar-refractivity contribution in [2.75, 3.05) is 7.11 Å². The van der Waals surface area contributed by atoms with Crippen LogP contribution in [0.25, 0.3) is 0 Å². The number of alkyl halides is 1. The largest absolute Gasteiger partial charge is 0.493 e. The van der Waals surface area contributed by atoms with Crippen LogP contribution in [0, 0.1) is 0 Å². The van der Waals surface area contributed by atoms with Crippen LogP contribution in [0.5, 0.6) is 11.5 Å². The van der Waals surface area contributed by atoms with Gasteiger partial charge >= 0.3 is 0 Å². The molecule has 2 nitrogen and oxygen atoms in total. The molecule has 0 aliphatic heterocycles. The summed E-state index contributed by atoms with van der Waals surface area (Å²) in [6.07, 6.45) is 0. The minimum Gasteiger partial charge on any atom is -0.493 e. The van der Waals surface area contributed by atoms with Gasteiger partial charge in [-0.2, -0.15) is 0 Å². The van der Waals surface area contributed by atoms with Gasteiger partial charge in [0.15, 0.2) is 11.5 Å². The van der Waals surface area contributed by atoms with Gasteiger partial charge in [-0.3, -0.25) is 0 Å². The molecule has 94 valence electrons. The van der Waals surface area contributed by atoms with Gasteiger partial charge in [0.25, 0.3) is 0 Å². The summed E-state index contributed by atoms with van der Waals surface area (Å²) in [5.74, 6) is 1.84. The Morgan fingerprint density at radius 3 is 2.44 bits per heavy atom. The first-order valence-electron chi connectivity index (χ1n) is 5.73. The second-order valence-electron chi connectivity index (χ2n) is 3.86. The van der Waals surface area contributed by atoms with Crippen molar-refractivity contribution in [1.82, 2.24) is 0 Å². The predicted molar refractivity (Wildman–Crippen MR) is 73.3 cm³/mol. The van der Waals surface area contributed by atoms with Crippen LogP contribution < -0.4 is 9.47 Å². The topological polar surface area (TPSA) is 18.5 Å². The van der Waals surface area contributed by atoms with Crippen molar-refractivity contribution in [3.8, 4) is 11.5 Å². The SMILES string of the molecule is COc1cccc(CCl)c1OCc1ccccc1. The number of methoxy groups -OCH3 is 1. The van der Waals surface area contributed by atoms with Gasteiger partial charge in [0, 0.05) is 5.56 Å². The monoisotopic (exact) mass is 262 g/mol. The molecule has 0 aliphatic carbocycles. The summed E-state index contributed by atoms with van der Waals surface area (Å²) in [6, 6.07) is 15.7. The first kappa shape index (κ1) is 12.8. The van der Waals surface area contributed by atoms with E-state index in [1.54, 1.807) is 7.11 Å². The lowest BCUT2D eigenvalue weighted by Crippen LogP contribution is -2.00. The molecule has 0 aromatic heterocycles. The maximum Gasteiger partial charge on any atom is 0.166 e. The number of halogens is 1. The van der Waals surface area contributed by atoms with Crippen molar-refractivity contribution in [2.24, 2.45) is 0 Å².